The first kappa shape index (κ1) is 16.7. The molecule has 1 saturated carbocycles. The third-order valence-corrected chi connectivity index (χ3v) is 4.56. The topological polar surface area (TPSA) is 35.6 Å². The zero-order valence-electron chi connectivity index (χ0n) is 14.3. The maximum atomic E-state index is 12.3. The van der Waals surface area contributed by atoms with Gasteiger partial charge in [-0.05, 0) is 49.3 Å². The zero-order chi connectivity index (χ0) is 16.1. The second-order valence-electron chi connectivity index (χ2n) is 6.82. The molecule has 4 nitrogen and oxygen atoms in total. The molecular formula is C18H29N3O. The van der Waals surface area contributed by atoms with Gasteiger partial charge in [-0.1, -0.05) is 19.1 Å². The minimum absolute atomic E-state index is 0.0382. The number of rotatable bonds is 4. The third-order valence-electron chi connectivity index (χ3n) is 4.56. The number of urea groups is 1. The summed E-state index contributed by atoms with van der Waals surface area (Å²) in [6.07, 6.45) is 4.66. The van der Waals surface area contributed by atoms with Crippen LogP contribution in [0, 0.1) is 5.92 Å². The number of carbonyl (C=O) groups excluding carboxylic acids is 1. The van der Waals surface area contributed by atoms with E-state index in [-0.39, 0.29) is 6.03 Å². The number of amides is 2. The summed E-state index contributed by atoms with van der Waals surface area (Å²) in [7, 11) is 5.92. The molecule has 0 saturated heterocycles. The van der Waals surface area contributed by atoms with E-state index in [0.717, 1.165) is 24.3 Å². The predicted octanol–water partition coefficient (Wildman–Crippen LogP) is 3.47. The molecular weight excluding hydrogens is 274 g/mol. The van der Waals surface area contributed by atoms with Crippen molar-refractivity contribution in [3.05, 3.63) is 29.8 Å². The molecule has 0 atom stereocenters. The van der Waals surface area contributed by atoms with Crippen molar-refractivity contribution in [2.75, 3.05) is 26.0 Å². The molecule has 22 heavy (non-hydrogen) atoms. The van der Waals surface area contributed by atoms with Gasteiger partial charge in [-0.2, -0.15) is 0 Å². The minimum atomic E-state index is 0.0382. The fraction of sp³-hybridized carbons (Fsp3) is 0.611. The number of nitrogens with one attached hydrogen (secondary N) is 1. The molecule has 122 valence electrons. The van der Waals surface area contributed by atoms with E-state index >= 15 is 0 Å². The van der Waals surface area contributed by atoms with Gasteiger partial charge in [0, 0.05) is 39.4 Å². The highest BCUT2D eigenvalue weighted by molar-refractivity contribution is 5.74. The normalized spacial score (nSPS) is 21.3. The Labute approximate surface area is 134 Å². The van der Waals surface area contributed by atoms with Crippen molar-refractivity contribution in [1.29, 1.82) is 0 Å². The Morgan fingerprint density at radius 3 is 2.23 bits per heavy atom. The molecule has 0 aromatic heterocycles. The molecule has 0 aliphatic heterocycles. The number of benzene rings is 1. The fourth-order valence-electron chi connectivity index (χ4n) is 2.93. The summed E-state index contributed by atoms with van der Waals surface area (Å²) in [6, 6.07) is 8.73. The van der Waals surface area contributed by atoms with Gasteiger partial charge in [0.2, 0.25) is 0 Å². The van der Waals surface area contributed by atoms with E-state index in [0.29, 0.717) is 12.6 Å². The Morgan fingerprint density at radius 2 is 1.68 bits per heavy atom. The van der Waals surface area contributed by atoms with E-state index in [4.69, 9.17) is 0 Å². The van der Waals surface area contributed by atoms with Crippen LogP contribution in [0.5, 0.6) is 0 Å². The van der Waals surface area contributed by atoms with Crippen molar-refractivity contribution in [3.63, 3.8) is 0 Å². The average Bonchev–Trinajstić information content (AvgIpc) is 2.50. The quantitative estimate of drug-likeness (QED) is 0.924. The Balaban J connectivity index is 1.83. The molecule has 1 aromatic carbocycles. The maximum absolute atomic E-state index is 12.3. The molecule has 1 aliphatic rings. The summed E-state index contributed by atoms with van der Waals surface area (Å²) in [5.41, 5.74) is 2.33. The van der Waals surface area contributed by atoms with Crippen LogP contribution in [0.15, 0.2) is 24.3 Å². The molecule has 1 fully saturated rings. The SMILES string of the molecule is CC1CCC(NC(=O)N(C)Cc2ccc(N(C)C)cc2)CC1. The second kappa shape index (κ2) is 7.52. The number of nitrogens with zero attached hydrogens (tertiary/aromatic N) is 2. The lowest BCUT2D eigenvalue weighted by Gasteiger charge is -2.29. The van der Waals surface area contributed by atoms with Crippen molar-refractivity contribution < 1.29 is 4.79 Å². The molecule has 1 aliphatic carbocycles. The summed E-state index contributed by atoms with van der Waals surface area (Å²) < 4.78 is 0. The molecule has 2 rings (SSSR count). The monoisotopic (exact) mass is 303 g/mol. The Kier molecular flexibility index (Phi) is 5.69. The van der Waals surface area contributed by atoms with Crippen LogP contribution in [0.25, 0.3) is 0 Å². The molecule has 0 bridgehead atoms. The minimum Gasteiger partial charge on any atom is -0.378 e. The van der Waals surface area contributed by atoms with Crippen LogP contribution in [-0.2, 0) is 6.54 Å². The molecule has 0 heterocycles. The highest BCUT2D eigenvalue weighted by atomic mass is 16.2. The van der Waals surface area contributed by atoms with E-state index in [1.165, 1.54) is 18.5 Å². The first-order valence-electron chi connectivity index (χ1n) is 8.23. The van der Waals surface area contributed by atoms with Gasteiger partial charge in [0.15, 0.2) is 0 Å². The molecule has 0 unspecified atom stereocenters. The van der Waals surface area contributed by atoms with Crippen LogP contribution < -0.4 is 10.2 Å². The highest BCUT2D eigenvalue weighted by Crippen LogP contribution is 2.23. The van der Waals surface area contributed by atoms with Gasteiger partial charge in [-0.3, -0.25) is 0 Å². The largest absolute Gasteiger partial charge is 0.378 e. The van der Waals surface area contributed by atoms with Gasteiger partial charge in [0.05, 0.1) is 0 Å². The smallest absolute Gasteiger partial charge is 0.317 e. The molecule has 1 aromatic rings. The number of hydrogen-bond acceptors (Lipinski definition) is 2. The number of carbonyl (C=O) groups is 1. The van der Waals surface area contributed by atoms with Crippen LogP contribution in [0.2, 0.25) is 0 Å². The summed E-state index contributed by atoms with van der Waals surface area (Å²) in [6.45, 7) is 2.93. The van der Waals surface area contributed by atoms with E-state index in [9.17, 15) is 4.79 Å². The molecule has 1 N–H and O–H groups in total. The van der Waals surface area contributed by atoms with E-state index in [2.05, 4.69) is 41.4 Å². The van der Waals surface area contributed by atoms with Gasteiger partial charge >= 0.3 is 6.03 Å². The lowest BCUT2D eigenvalue weighted by Crippen LogP contribution is -2.44. The lowest BCUT2D eigenvalue weighted by molar-refractivity contribution is 0.195. The van der Waals surface area contributed by atoms with Crippen molar-refractivity contribution in [3.8, 4) is 0 Å². The Morgan fingerprint density at radius 1 is 1.09 bits per heavy atom. The van der Waals surface area contributed by atoms with Crippen molar-refractivity contribution in [2.45, 2.75) is 45.2 Å². The summed E-state index contributed by atoms with van der Waals surface area (Å²) in [5, 5.41) is 3.17. The van der Waals surface area contributed by atoms with Gasteiger partial charge in [0.25, 0.3) is 0 Å². The predicted molar refractivity (Wildman–Crippen MR) is 92.2 cm³/mol. The number of hydrogen-bond donors (Lipinski definition) is 1. The molecule has 0 spiro atoms. The van der Waals surface area contributed by atoms with Crippen molar-refractivity contribution >= 4 is 11.7 Å². The van der Waals surface area contributed by atoms with E-state index in [1.54, 1.807) is 4.90 Å². The van der Waals surface area contributed by atoms with E-state index < -0.39 is 0 Å². The molecule has 4 heteroatoms. The molecule has 0 radical (unpaired) electrons. The lowest BCUT2D eigenvalue weighted by atomic mass is 9.87. The van der Waals surface area contributed by atoms with Gasteiger partial charge in [-0.15, -0.1) is 0 Å². The van der Waals surface area contributed by atoms with Crippen LogP contribution >= 0.6 is 0 Å². The summed E-state index contributed by atoms with van der Waals surface area (Å²) in [5.74, 6) is 0.807. The fourth-order valence-corrected chi connectivity index (χ4v) is 2.93. The highest BCUT2D eigenvalue weighted by Gasteiger charge is 2.21. The van der Waals surface area contributed by atoms with E-state index in [1.807, 2.05) is 21.1 Å². The third kappa shape index (κ3) is 4.65. The van der Waals surface area contributed by atoms with Crippen molar-refractivity contribution in [2.24, 2.45) is 5.92 Å². The Bertz CT molecular complexity index is 476. The molecule has 2 amide bonds. The first-order chi connectivity index (χ1) is 10.5. The van der Waals surface area contributed by atoms with Crippen LogP contribution in [0.1, 0.15) is 38.2 Å². The van der Waals surface area contributed by atoms with Crippen LogP contribution in [0.3, 0.4) is 0 Å². The summed E-state index contributed by atoms with van der Waals surface area (Å²) >= 11 is 0. The van der Waals surface area contributed by atoms with Crippen LogP contribution in [-0.4, -0.2) is 38.1 Å². The first-order valence-corrected chi connectivity index (χ1v) is 8.23. The van der Waals surface area contributed by atoms with Crippen LogP contribution in [0.4, 0.5) is 10.5 Å². The Hall–Kier alpha value is -1.71. The average molecular weight is 303 g/mol. The van der Waals surface area contributed by atoms with Crippen molar-refractivity contribution in [1.82, 2.24) is 10.2 Å². The van der Waals surface area contributed by atoms with Gasteiger partial charge in [-0.25, -0.2) is 4.79 Å². The maximum Gasteiger partial charge on any atom is 0.317 e. The summed E-state index contributed by atoms with van der Waals surface area (Å²) in [4.78, 5) is 16.1. The second-order valence-corrected chi connectivity index (χ2v) is 6.82. The van der Waals surface area contributed by atoms with Gasteiger partial charge in [0.1, 0.15) is 0 Å². The number of anilines is 1. The standard InChI is InChI=1S/C18H29N3O/c1-14-5-9-16(10-6-14)19-18(22)21(4)13-15-7-11-17(12-8-15)20(2)3/h7-8,11-12,14,16H,5-6,9-10,13H2,1-4H3,(H,19,22). The van der Waals surface area contributed by atoms with Gasteiger partial charge < -0.3 is 15.1 Å². The zero-order valence-corrected chi connectivity index (χ0v) is 14.3.